The smallest absolute Gasteiger partial charge is 0.319 e. The molecule has 3 N–H and O–H groups in total. The zero-order chi connectivity index (χ0) is 23.0. The number of urea groups is 1. The van der Waals surface area contributed by atoms with E-state index in [0.717, 1.165) is 31.4 Å². The molecule has 3 atom stereocenters. The number of nitrogens with one attached hydrogen (secondary N) is 2. The fourth-order valence-corrected chi connectivity index (χ4v) is 4.11. The Kier molecular flexibility index (Phi) is 7.93. The van der Waals surface area contributed by atoms with Crippen LogP contribution in [0, 0.1) is 0 Å². The van der Waals surface area contributed by atoms with E-state index in [2.05, 4.69) is 33.1 Å². The van der Waals surface area contributed by atoms with Gasteiger partial charge in [0, 0.05) is 29.9 Å². The maximum Gasteiger partial charge on any atom is 0.319 e. The number of nitrogens with zero attached hydrogens (tertiary/aromatic N) is 3. The van der Waals surface area contributed by atoms with Gasteiger partial charge < -0.3 is 20.5 Å². The van der Waals surface area contributed by atoms with Crippen LogP contribution in [0.5, 0.6) is 0 Å². The average molecular weight is 470 g/mol. The second-order valence-corrected chi connectivity index (χ2v) is 8.63. The number of halogens is 1. The molecule has 1 aliphatic heterocycles. The van der Waals surface area contributed by atoms with E-state index in [0.29, 0.717) is 17.3 Å². The van der Waals surface area contributed by atoms with Crippen molar-refractivity contribution in [2.75, 3.05) is 11.9 Å². The molecule has 174 valence electrons. The lowest BCUT2D eigenvalue weighted by atomic mass is 9.97. The molecule has 3 aromatic rings. The molecular formula is C24H28ClN5O3. The van der Waals surface area contributed by atoms with Gasteiger partial charge in [-0.2, -0.15) is 0 Å². The van der Waals surface area contributed by atoms with Crippen molar-refractivity contribution in [1.82, 2.24) is 20.3 Å². The summed E-state index contributed by atoms with van der Waals surface area (Å²) in [5, 5.41) is 24.6. The molecule has 4 rings (SSSR count). The van der Waals surface area contributed by atoms with E-state index in [1.165, 1.54) is 5.56 Å². The molecule has 0 spiro atoms. The molecular weight excluding hydrogens is 442 g/mol. The summed E-state index contributed by atoms with van der Waals surface area (Å²) in [7, 11) is 0. The fourth-order valence-electron chi connectivity index (χ4n) is 3.99. The van der Waals surface area contributed by atoms with Gasteiger partial charge >= 0.3 is 6.03 Å². The molecule has 0 aliphatic carbocycles. The maximum absolute atomic E-state index is 12.3. The van der Waals surface area contributed by atoms with Gasteiger partial charge in [0.25, 0.3) is 0 Å². The Balaban J connectivity index is 1.23. The highest BCUT2D eigenvalue weighted by Crippen LogP contribution is 2.23. The van der Waals surface area contributed by atoms with Crippen LogP contribution in [-0.2, 0) is 17.7 Å². The Bertz CT molecular complexity index is 1030. The quantitative estimate of drug-likeness (QED) is 0.467. The third-order valence-electron chi connectivity index (χ3n) is 5.71. The van der Waals surface area contributed by atoms with E-state index < -0.39 is 6.10 Å². The summed E-state index contributed by atoms with van der Waals surface area (Å²) in [6.07, 6.45) is 4.51. The van der Waals surface area contributed by atoms with Crippen LogP contribution in [0.1, 0.15) is 30.5 Å². The van der Waals surface area contributed by atoms with Crippen molar-refractivity contribution in [2.45, 2.75) is 50.5 Å². The van der Waals surface area contributed by atoms with Crippen molar-refractivity contribution in [3.8, 4) is 0 Å². The molecule has 1 fully saturated rings. The van der Waals surface area contributed by atoms with E-state index in [-0.39, 0.29) is 24.8 Å². The molecule has 9 heteroatoms. The number of benzene rings is 2. The molecule has 1 saturated heterocycles. The molecule has 33 heavy (non-hydrogen) atoms. The molecule has 0 radical (unpaired) electrons. The van der Waals surface area contributed by atoms with Crippen molar-refractivity contribution in [3.63, 3.8) is 0 Å². The molecule has 1 aliphatic rings. The summed E-state index contributed by atoms with van der Waals surface area (Å²) in [4.78, 5) is 12.3. The topological polar surface area (TPSA) is 101 Å². The lowest BCUT2D eigenvalue weighted by Gasteiger charge is -2.36. The second-order valence-electron chi connectivity index (χ2n) is 8.19. The van der Waals surface area contributed by atoms with Gasteiger partial charge in [0.15, 0.2) is 0 Å². The summed E-state index contributed by atoms with van der Waals surface area (Å²) < 4.78 is 7.90. The zero-order valence-electron chi connectivity index (χ0n) is 18.2. The molecule has 2 aromatic carbocycles. The molecule has 0 unspecified atom stereocenters. The summed E-state index contributed by atoms with van der Waals surface area (Å²) in [5.74, 6) is 0. The highest BCUT2D eigenvalue weighted by molar-refractivity contribution is 6.30. The number of hydrogen-bond acceptors (Lipinski definition) is 5. The first-order valence-electron chi connectivity index (χ1n) is 11.1. The number of rotatable bonds is 8. The van der Waals surface area contributed by atoms with Gasteiger partial charge in [-0.25, -0.2) is 4.79 Å². The zero-order valence-corrected chi connectivity index (χ0v) is 19.0. The number of amides is 2. The lowest BCUT2D eigenvalue weighted by molar-refractivity contribution is -0.0905. The molecule has 0 bridgehead atoms. The van der Waals surface area contributed by atoms with Crippen molar-refractivity contribution in [2.24, 2.45) is 0 Å². The van der Waals surface area contributed by atoms with Crippen molar-refractivity contribution in [3.05, 3.63) is 77.1 Å². The lowest BCUT2D eigenvalue weighted by Crippen LogP contribution is -2.52. The Morgan fingerprint density at radius 3 is 2.70 bits per heavy atom. The largest absolute Gasteiger partial charge is 0.394 e. The van der Waals surface area contributed by atoms with Crippen LogP contribution in [-0.4, -0.2) is 51.0 Å². The Morgan fingerprint density at radius 2 is 1.94 bits per heavy atom. The Labute approximate surface area is 197 Å². The van der Waals surface area contributed by atoms with Gasteiger partial charge in [-0.3, -0.25) is 4.68 Å². The van der Waals surface area contributed by atoms with E-state index in [1.807, 2.05) is 29.1 Å². The minimum absolute atomic E-state index is 0.0127. The minimum atomic E-state index is -0.455. The number of hydrogen-bond donors (Lipinski definition) is 3. The molecule has 2 amide bonds. The van der Waals surface area contributed by atoms with Crippen LogP contribution in [0.25, 0.3) is 0 Å². The van der Waals surface area contributed by atoms with Crippen molar-refractivity contribution >= 4 is 23.3 Å². The van der Waals surface area contributed by atoms with Gasteiger partial charge in [-0.15, -0.1) is 5.10 Å². The molecule has 2 heterocycles. The normalized spacial score (nSPS) is 20.4. The maximum atomic E-state index is 12.3. The van der Waals surface area contributed by atoms with Crippen LogP contribution in [0.4, 0.5) is 10.5 Å². The third kappa shape index (κ3) is 6.77. The molecule has 8 nitrogen and oxygen atoms in total. The number of aliphatic hydroxyl groups is 1. The number of aryl methyl sites for hydroxylation is 1. The van der Waals surface area contributed by atoms with Gasteiger partial charge in [0.1, 0.15) is 6.10 Å². The molecule has 1 aromatic heterocycles. The number of carbonyl (C=O) groups is 1. The number of carbonyl (C=O) groups excluding carboxylic acids is 1. The van der Waals surface area contributed by atoms with Crippen LogP contribution in [0.3, 0.4) is 0 Å². The monoisotopic (exact) mass is 469 g/mol. The first-order valence-corrected chi connectivity index (χ1v) is 11.5. The van der Waals surface area contributed by atoms with E-state index in [1.54, 1.807) is 24.3 Å². The third-order valence-corrected chi connectivity index (χ3v) is 5.96. The van der Waals surface area contributed by atoms with Crippen molar-refractivity contribution in [1.29, 1.82) is 0 Å². The standard InChI is InChI=1S/C24H28ClN5O3/c25-18-6-8-19(9-7-18)26-24(32)27-22-11-10-21(33-23(22)16-31)12-13-30-15-20(28-29-30)14-17-4-2-1-3-5-17/h1-9,15,21-23,31H,10-14,16H2,(H2,26,27,32)/t21-,22-,23+/m0/s1. The first-order chi connectivity index (χ1) is 16.1. The SMILES string of the molecule is O=C(Nc1ccc(Cl)cc1)N[C@H]1CC[C@@H](CCn2cc(Cc3ccccc3)nn2)O[C@@H]1CO. The van der Waals surface area contributed by atoms with Gasteiger partial charge in [0.2, 0.25) is 0 Å². The number of aromatic nitrogens is 3. The predicted octanol–water partition coefficient (Wildman–Crippen LogP) is 3.64. The van der Waals surface area contributed by atoms with Crippen LogP contribution >= 0.6 is 11.6 Å². The summed E-state index contributed by atoms with van der Waals surface area (Å²) in [6, 6.07) is 16.5. The second kappa shape index (κ2) is 11.3. The Morgan fingerprint density at radius 1 is 1.15 bits per heavy atom. The van der Waals surface area contributed by atoms with Crippen molar-refractivity contribution < 1.29 is 14.6 Å². The van der Waals surface area contributed by atoms with Gasteiger partial charge in [0.05, 0.1) is 24.4 Å². The first kappa shape index (κ1) is 23.2. The van der Waals surface area contributed by atoms with E-state index in [4.69, 9.17) is 16.3 Å². The fraction of sp³-hybridized carbons (Fsp3) is 0.375. The summed E-state index contributed by atoms with van der Waals surface area (Å²) in [5.41, 5.74) is 2.77. The summed E-state index contributed by atoms with van der Waals surface area (Å²) >= 11 is 5.87. The van der Waals surface area contributed by atoms with Crippen LogP contribution < -0.4 is 10.6 Å². The van der Waals surface area contributed by atoms with Crippen LogP contribution in [0.15, 0.2) is 60.8 Å². The van der Waals surface area contributed by atoms with Gasteiger partial charge in [-0.05, 0) is 49.1 Å². The Hall–Kier alpha value is -2.94. The average Bonchev–Trinajstić information content (AvgIpc) is 3.27. The predicted molar refractivity (Wildman–Crippen MR) is 126 cm³/mol. The summed E-state index contributed by atoms with van der Waals surface area (Å²) in [6.45, 7) is 0.521. The minimum Gasteiger partial charge on any atom is -0.394 e. The highest BCUT2D eigenvalue weighted by atomic mass is 35.5. The molecule has 0 saturated carbocycles. The van der Waals surface area contributed by atoms with E-state index >= 15 is 0 Å². The van der Waals surface area contributed by atoms with Gasteiger partial charge in [-0.1, -0.05) is 47.1 Å². The van der Waals surface area contributed by atoms with Crippen LogP contribution in [0.2, 0.25) is 5.02 Å². The number of ether oxygens (including phenoxy) is 1. The van der Waals surface area contributed by atoms with E-state index in [9.17, 15) is 9.90 Å². The number of aliphatic hydroxyl groups excluding tert-OH is 1. The highest BCUT2D eigenvalue weighted by Gasteiger charge is 2.31. The number of anilines is 1.